The summed E-state index contributed by atoms with van der Waals surface area (Å²) in [6, 6.07) is -0.343. The number of halogens is 2. The van der Waals surface area contributed by atoms with Crippen molar-refractivity contribution in [3.05, 3.63) is 0 Å². The lowest BCUT2D eigenvalue weighted by atomic mass is 10.2. The summed E-state index contributed by atoms with van der Waals surface area (Å²) in [5, 5.41) is 0. The van der Waals surface area contributed by atoms with E-state index >= 15 is 0 Å². The number of hydrogen-bond donors (Lipinski definition) is 1. The fraction of sp³-hybridized carbons (Fsp3) is 1.00. The number of hydrogen-bond acceptors (Lipinski definition) is 1. The van der Waals surface area contributed by atoms with Crippen LogP contribution >= 0.6 is 0 Å². The second kappa shape index (κ2) is 1.41. The van der Waals surface area contributed by atoms with Gasteiger partial charge in [0.05, 0.1) is 0 Å². The molecular weight excluding hydrogens is 112 g/mol. The highest BCUT2D eigenvalue weighted by Gasteiger charge is 2.58. The molecule has 0 aromatic rings. The molecule has 1 nitrogen and oxygen atoms in total. The average Bonchev–Trinajstić information content (AvgIpc) is 2.13. The van der Waals surface area contributed by atoms with Crippen molar-refractivity contribution in [1.29, 1.82) is 0 Å². The van der Waals surface area contributed by atoms with Crippen molar-refractivity contribution in [1.82, 2.24) is 0 Å². The molecule has 3 heteroatoms. The molecule has 48 valence electrons. The van der Waals surface area contributed by atoms with Gasteiger partial charge in [0.15, 0.2) is 0 Å². The van der Waals surface area contributed by atoms with Gasteiger partial charge in [-0.15, -0.1) is 0 Å². The zero-order valence-electron chi connectivity index (χ0n) is 4.70. The van der Waals surface area contributed by atoms with E-state index < -0.39 is 11.8 Å². The van der Waals surface area contributed by atoms with Crippen LogP contribution in [-0.4, -0.2) is 12.0 Å². The average molecular weight is 121 g/mol. The van der Waals surface area contributed by atoms with E-state index in [0.717, 1.165) is 0 Å². The van der Waals surface area contributed by atoms with Gasteiger partial charge in [-0.25, -0.2) is 8.78 Å². The first-order valence-electron chi connectivity index (χ1n) is 2.67. The van der Waals surface area contributed by atoms with Gasteiger partial charge in [-0.3, -0.25) is 0 Å². The molecule has 2 N–H and O–H groups in total. The van der Waals surface area contributed by atoms with E-state index in [1.807, 2.05) is 0 Å². The lowest BCUT2D eigenvalue weighted by molar-refractivity contribution is 0.0946. The van der Waals surface area contributed by atoms with E-state index in [4.69, 9.17) is 5.73 Å². The van der Waals surface area contributed by atoms with Crippen LogP contribution < -0.4 is 5.73 Å². The standard InChI is InChI=1S/C5H9F2N/c1-3(8)4-2-5(4,6)7/h3-4H,2,8H2,1H3/t3-,4-/m1/s1. The summed E-state index contributed by atoms with van der Waals surface area (Å²) in [4.78, 5) is 0. The number of rotatable bonds is 1. The predicted octanol–water partition coefficient (Wildman–Crippen LogP) is 0.989. The van der Waals surface area contributed by atoms with E-state index in [2.05, 4.69) is 0 Å². The molecule has 0 radical (unpaired) electrons. The molecule has 0 saturated heterocycles. The third-order valence-electron chi connectivity index (χ3n) is 1.51. The predicted molar refractivity (Wildman–Crippen MR) is 26.7 cm³/mol. The summed E-state index contributed by atoms with van der Waals surface area (Å²) >= 11 is 0. The zero-order chi connectivity index (χ0) is 6.36. The summed E-state index contributed by atoms with van der Waals surface area (Å²) in [5.41, 5.74) is 5.19. The number of alkyl halides is 2. The Balaban J connectivity index is 2.37. The van der Waals surface area contributed by atoms with Gasteiger partial charge >= 0.3 is 0 Å². The lowest BCUT2D eigenvalue weighted by Gasteiger charge is -1.99. The summed E-state index contributed by atoms with van der Waals surface area (Å²) in [6.45, 7) is 1.62. The Morgan fingerprint density at radius 2 is 2.12 bits per heavy atom. The summed E-state index contributed by atoms with van der Waals surface area (Å²) in [7, 11) is 0. The SMILES string of the molecule is C[C@@H](N)[C@H]1CC1(F)F. The number of nitrogens with two attached hydrogens (primary N) is 1. The molecule has 1 saturated carbocycles. The second-order valence-corrected chi connectivity index (χ2v) is 2.43. The van der Waals surface area contributed by atoms with Crippen LogP contribution in [0, 0.1) is 5.92 Å². The minimum atomic E-state index is -2.44. The molecule has 0 aromatic heterocycles. The normalized spacial score (nSPS) is 36.8. The van der Waals surface area contributed by atoms with Gasteiger partial charge in [0.25, 0.3) is 5.92 Å². The Morgan fingerprint density at radius 3 is 2.12 bits per heavy atom. The molecule has 8 heavy (non-hydrogen) atoms. The maximum Gasteiger partial charge on any atom is 0.253 e. The van der Waals surface area contributed by atoms with Crippen LogP contribution in [0.4, 0.5) is 8.78 Å². The summed E-state index contributed by atoms with van der Waals surface area (Å²) in [5.74, 6) is -2.98. The van der Waals surface area contributed by atoms with Gasteiger partial charge in [-0.05, 0) is 6.92 Å². The first-order chi connectivity index (χ1) is 3.54. The Bertz CT molecular complexity index is 101. The Kier molecular flexibility index (Phi) is 1.05. The zero-order valence-corrected chi connectivity index (χ0v) is 4.70. The smallest absolute Gasteiger partial charge is 0.253 e. The molecule has 0 unspecified atom stereocenters. The topological polar surface area (TPSA) is 26.0 Å². The molecular formula is C5H9F2N. The highest BCUT2D eigenvalue weighted by Crippen LogP contribution is 2.49. The molecule has 1 aliphatic carbocycles. The van der Waals surface area contributed by atoms with Gasteiger partial charge < -0.3 is 5.73 Å². The van der Waals surface area contributed by atoms with Crippen LogP contribution in [0.5, 0.6) is 0 Å². The fourth-order valence-electron chi connectivity index (χ4n) is 0.805. The fourth-order valence-corrected chi connectivity index (χ4v) is 0.805. The van der Waals surface area contributed by atoms with E-state index in [0.29, 0.717) is 0 Å². The van der Waals surface area contributed by atoms with Crippen molar-refractivity contribution in [2.45, 2.75) is 25.3 Å². The van der Waals surface area contributed by atoms with Crippen molar-refractivity contribution < 1.29 is 8.78 Å². The maximum absolute atomic E-state index is 12.0. The van der Waals surface area contributed by atoms with Gasteiger partial charge in [0.1, 0.15) is 0 Å². The Morgan fingerprint density at radius 1 is 1.75 bits per heavy atom. The van der Waals surface area contributed by atoms with Crippen LogP contribution in [0.25, 0.3) is 0 Å². The maximum atomic E-state index is 12.0. The molecule has 0 amide bonds. The van der Waals surface area contributed by atoms with E-state index in [-0.39, 0.29) is 12.5 Å². The van der Waals surface area contributed by atoms with Crippen LogP contribution in [0.2, 0.25) is 0 Å². The molecule has 1 fully saturated rings. The summed E-state index contributed by atoms with van der Waals surface area (Å²) < 4.78 is 23.9. The van der Waals surface area contributed by atoms with Crippen LogP contribution in [0.3, 0.4) is 0 Å². The van der Waals surface area contributed by atoms with Gasteiger partial charge in [0.2, 0.25) is 0 Å². The first-order valence-corrected chi connectivity index (χ1v) is 2.67. The van der Waals surface area contributed by atoms with E-state index in [1.165, 1.54) is 0 Å². The highest BCUT2D eigenvalue weighted by atomic mass is 19.3. The Hall–Kier alpha value is -0.180. The van der Waals surface area contributed by atoms with E-state index in [1.54, 1.807) is 6.92 Å². The lowest BCUT2D eigenvalue weighted by Crippen LogP contribution is -2.20. The molecule has 1 rings (SSSR count). The van der Waals surface area contributed by atoms with Crippen molar-refractivity contribution in [3.8, 4) is 0 Å². The minimum Gasteiger partial charge on any atom is -0.327 e. The first kappa shape index (κ1) is 5.95. The quantitative estimate of drug-likeness (QED) is 0.550. The van der Waals surface area contributed by atoms with Crippen LogP contribution in [0.1, 0.15) is 13.3 Å². The highest BCUT2D eigenvalue weighted by molar-refractivity contribution is 4.99. The van der Waals surface area contributed by atoms with Gasteiger partial charge in [-0.1, -0.05) is 0 Å². The van der Waals surface area contributed by atoms with Crippen LogP contribution in [-0.2, 0) is 0 Å². The molecule has 0 aliphatic heterocycles. The van der Waals surface area contributed by atoms with Crippen molar-refractivity contribution in [2.24, 2.45) is 11.7 Å². The Labute approximate surface area is 46.9 Å². The summed E-state index contributed by atoms with van der Waals surface area (Å²) in [6.07, 6.45) is -0.00926. The molecule has 0 bridgehead atoms. The monoisotopic (exact) mass is 121 g/mol. The van der Waals surface area contributed by atoms with E-state index in [9.17, 15) is 8.78 Å². The molecule has 0 spiro atoms. The van der Waals surface area contributed by atoms with Crippen molar-refractivity contribution >= 4 is 0 Å². The van der Waals surface area contributed by atoms with Crippen LogP contribution in [0.15, 0.2) is 0 Å². The third-order valence-corrected chi connectivity index (χ3v) is 1.51. The second-order valence-electron chi connectivity index (χ2n) is 2.43. The minimum absolute atomic E-state index is 0.00926. The molecule has 0 aromatic carbocycles. The van der Waals surface area contributed by atoms with Crippen molar-refractivity contribution in [3.63, 3.8) is 0 Å². The van der Waals surface area contributed by atoms with Gasteiger partial charge in [0, 0.05) is 18.4 Å². The van der Waals surface area contributed by atoms with Crippen molar-refractivity contribution in [2.75, 3.05) is 0 Å². The van der Waals surface area contributed by atoms with Gasteiger partial charge in [-0.2, -0.15) is 0 Å². The third kappa shape index (κ3) is 0.823. The largest absolute Gasteiger partial charge is 0.327 e. The molecule has 0 heterocycles. The molecule has 2 atom stereocenters. The molecule has 1 aliphatic rings.